The molecule has 0 saturated carbocycles. The molecule has 6 rings (SSSR count). The van der Waals surface area contributed by atoms with Crippen molar-refractivity contribution in [1.82, 2.24) is 0 Å². The van der Waals surface area contributed by atoms with E-state index < -0.39 is 0 Å². The van der Waals surface area contributed by atoms with Crippen molar-refractivity contribution in [2.24, 2.45) is 0 Å². The molecule has 0 radical (unpaired) electrons. The van der Waals surface area contributed by atoms with Crippen molar-refractivity contribution in [3.63, 3.8) is 0 Å². The Bertz CT molecular complexity index is 1520. The van der Waals surface area contributed by atoms with E-state index >= 15 is 0 Å². The summed E-state index contributed by atoms with van der Waals surface area (Å²) in [7, 11) is 0. The van der Waals surface area contributed by atoms with Crippen molar-refractivity contribution in [3.8, 4) is 10.4 Å². The number of carbonyl (C=O) groups excluding carboxylic acids is 2. The average molecular weight is 484 g/mol. The average Bonchev–Trinajstić information content (AvgIpc) is 3.50. The third-order valence-electron chi connectivity index (χ3n) is 6.25. The normalized spacial score (nSPS) is 12.5. The number of para-hydroxylation sites is 2. The van der Waals surface area contributed by atoms with Gasteiger partial charge in [0, 0.05) is 27.4 Å². The molecule has 0 amide bonds. The first-order valence-electron chi connectivity index (χ1n) is 11.7. The number of hydrogen-bond acceptors (Lipinski definition) is 4. The molecular weight excluding hydrogens is 462 g/mol. The monoisotopic (exact) mass is 483 g/mol. The van der Waals surface area contributed by atoms with Gasteiger partial charge in [-0.15, -0.1) is 11.3 Å². The predicted octanol–water partition coefficient (Wildman–Crippen LogP) is 8.35. The zero-order valence-corrected chi connectivity index (χ0v) is 20.1. The highest BCUT2D eigenvalue weighted by atomic mass is 32.1. The number of anilines is 3. The summed E-state index contributed by atoms with van der Waals surface area (Å²) in [5.74, 6) is -0.408. The van der Waals surface area contributed by atoms with Crippen molar-refractivity contribution >= 4 is 45.4 Å². The number of thiophene rings is 1. The molecule has 5 aromatic rings. The van der Waals surface area contributed by atoms with Gasteiger partial charge in [0.05, 0.1) is 5.57 Å². The Labute approximate surface area is 213 Å². The van der Waals surface area contributed by atoms with E-state index in [1.54, 1.807) is 41.7 Å². The second kappa shape index (κ2) is 9.25. The van der Waals surface area contributed by atoms with Gasteiger partial charge in [0.15, 0.2) is 11.6 Å². The van der Waals surface area contributed by atoms with Crippen LogP contribution in [0.3, 0.4) is 0 Å². The maximum absolute atomic E-state index is 12.7. The van der Waals surface area contributed by atoms with E-state index in [1.165, 1.54) is 0 Å². The van der Waals surface area contributed by atoms with Crippen LogP contribution < -0.4 is 4.90 Å². The first-order chi connectivity index (χ1) is 17.7. The molecule has 0 bridgehead atoms. The van der Waals surface area contributed by atoms with E-state index in [4.69, 9.17) is 0 Å². The van der Waals surface area contributed by atoms with Crippen LogP contribution in [0.25, 0.3) is 16.5 Å². The molecule has 0 aliphatic heterocycles. The SMILES string of the molecule is O=C1C(=Cc2ccc(-c3ccc(N(c4ccccc4)c4ccccc4)s3)cc2)C(=O)c2ccccc21. The van der Waals surface area contributed by atoms with Crippen LogP contribution in [0.5, 0.6) is 0 Å². The lowest BCUT2D eigenvalue weighted by Crippen LogP contribution is -2.07. The van der Waals surface area contributed by atoms with Gasteiger partial charge in [0.1, 0.15) is 5.00 Å². The van der Waals surface area contributed by atoms with Gasteiger partial charge < -0.3 is 4.90 Å². The van der Waals surface area contributed by atoms with Gasteiger partial charge in [-0.2, -0.15) is 0 Å². The van der Waals surface area contributed by atoms with Gasteiger partial charge in [-0.25, -0.2) is 0 Å². The Balaban J connectivity index is 1.29. The van der Waals surface area contributed by atoms with Crippen molar-refractivity contribution < 1.29 is 9.59 Å². The van der Waals surface area contributed by atoms with Crippen molar-refractivity contribution in [1.29, 1.82) is 0 Å². The van der Waals surface area contributed by atoms with Crippen LogP contribution in [0.4, 0.5) is 16.4 Å². The van der Waals surface area contributed by atoms with Crippen LogP contribution in [-0.4, -0.2) is 11.6 Å². The summed E-state index contributed by atoms with van der Waals surface area (Å²) in [6.07, 6.45) is 1.70. The molecule has 36 heavy (non-hydrogen) atoms. The fourth-order valence-electron chi connectivity index (χ4n) is 4.47. The van der Waals surface area contributed by atoms with Gasteiger partial charge in [0.25, 0.3) is 0 Å². The van der Waals surface area contributed by atoms with E-state index in [0.29, 0.717) is 11.1 Å². The van der Waals surface area contributed by atoms with Crippen molar-refractivity contribution in [2.75, 3.05) is 4.90 Å². The molecule has 0 atom stereocenters. The van der Waals surface area contributed by atoms with E-state index in [1.807, 2.05) is 60.7 Å². The highest BCUT2D eigenvalue weighted by molar-refractivity contribution is 7.19. The number of ketones is 2. The molecule has 0 unspecified atom stereocenters. The molecule has 3 nitrogen and oxygen atoms in total. The van der Waals surface area contributed by atoms with Gasteiger partial charge in [-0.1, -0.05) is 84.9 Å². The van der Waals surface area contributed by atoms with E-state index in [-0.39, 0.29) is 17.1 Å². The molecule has 0 spiro atoms. The highest BCUT2D eigenvalue weighted by Gasteiger charge is 2.32. The third-order valence-corrected chi connectivity index (χ3v) is 7.37. The zero-order valence-electron chi connectivity index (χ0n) is 19.3. The standard InChI is InChI=1S/C32H21NO2S/c34-31-26-13-7-8-14-27(26)32(35)28(31)21-22-15-17-23(18-16-22)29-19-20-30(36-29)33(24-9-3-1-4-10-24)25-11-5-2-6-12-25/h1-21H. The Morgan fingerprint density at radius 2 is 1.08 bits per heavy atom. The minimum Gasteiger partial charge on any atom is -0.302 e. The molecule has 4 aromatic carbocycles. The van der Waals surface area contributed by atoms with Crippen LogP contribution in [0, 0.1) is 0 Å². The Kier molecular flexibility index (Phi) is 5.64. The number of Topliss-reactive ketones (excluding diaryl/α,β-unsaturated/α-hetero) is 2. The molecule has 1 heterocycles. The molecule has 1 aliphatic carbocycles. The van der Waals surface area contributed by atoms with Crippen LogP contribution in [0.15, 0.2) is 127 Å². The summed E-state index contributed by atoms with van der Waals surface area (Å²) in [6, 6.07) is 39.9. The lowest BCUT2D eigenvalue weighted by Gasteiger charge is -2.23. The zero-order chi connectivity index (χ0) is 24.5. The number of hydrogen-bond donors (Lipinski definition) is 0. The highest BCUT2D eigenvalue weighted by Crippen LogP contribution is 2.41. The number of carbonyl (C=O) groups is 2. The second-order valence-corrected chi connectivity index (χ2v) is 9.59. The molecule has 0 fully saturated rings. The van der Waals surface area contributed by atoms with Crippen LogP contribution in [-0.2, 0) is 0 Å². The molecular formula is C32H21NO2S. The number of allylic oxidation sites excluding steroid dienone is 1. The topological polar surface area (TPSA) is 37.4 Å². The minimum atomic E-state index is -0.204. The number of benzene rings is 4. The van der Waals surface area contributed by atoms with E-state index in [2.05, 4.69) is 41.3 Å². The summed E-state index contributed by atoms with van der Waals surface area (Å²) in [6.45, 7) is 0. The Hall–Kier alpha value is -4.54. The van der Waals surface area contributed by atoms with Crippen molar-refractivity contribution in [2.45, 2.75) is 0 Å². The third kappa shape index (κ3) is 3.98. The molecule has 0 saturated heterocycles. The summed E-state index contributed by atoms with van der Waals surface area (Å²) in [5.41, 5.74) is 5.31. The quantitative estimate of drug-likeness (QED) is 0.186. The maximum atomic E-state index is 12.7. The van der Waals surface area contributed by atoms with E-state index in [9.17, 15) is 9.59 Å². The minimum absolute atomic E-state index is 0.204. The predicted molar refractivity (Wildman–Crippen MR) is 148 cm³/mol. The molecule has 0 N–H and O–H groups in total. The fourth-order valence-corrected chi connectivity index (χ4v) is 5.53. The maximum Gasteiger partial charge on any atom is 0.197 e. The van der Waals surface area contributed by atoms with Gasteiger partial charge in [-0.3, -0.25) is 9.59 Å². The van der Waals surface area contributed by atoms with E-state index in [0.717, 1.165) is 32.4 Å². The summed E-state index contributed by atoms with van der Waals surface area (Å²) in [4.78, 5) is 28.8. The second-order valence-electron chi connectivity index (χ2n) is 8.53. The molecule has 1 aliphatic rings. The molecule has 172 valence electrons. The largest absolute Gasteiger partial charge is 0.302 e. The fraction of sp³-hybridized carbons (Fsp3) is 0. The summed E-state index contributed by atoms with van der Waals surface area (Å²) < 4.78 is 0. The van der Waals surface area contributed by atoms with Gasteiger partial charge >= 0.3 is 0 Å². The van der Waals surface area contributed by atoms with Crippen LogP contribution in [0.2, 0.25) is 0 Å². The lowest BCUT2D eigenvalue weighted by atomic mass is 10.0. The lowest BCUT2D eigenvalue weighted by molar-refractivity contribution is 0.0990. The van der Waals surface area contributed by atoms with Gasteiger partial charge in [0.2, 0.25) is 0 Å². The number of rotatable bonds is 5. The summed E-state index contributed by atoms with van der Waals surface area (Å²) >= 11 is 1.72. The van der Waals surface area contributed by atoms with Crippen LogP contribution >= 0.6 is 11.3 Å². The smallest absolute Gasteiger partial charge is 0.197 e. The Morgan fingerprint density at radius 3 is 1.64 bits per heavy atom. The number of nitrogens with zero attached hydrogens (tertiary/aromatic N) is 1. The number of fused-ring (bicyclic) bond motifs is 1. The van der Waals surface area contributed by atoms with Gasteiger partial charge in [-0.05, 0) is 53.6 Å². The first kappa shape index (κ1) is 22.0. The van der Waals surface area contributed by atoms with Crippen LogP contribution in [0.1, 0.15) is 26.3 Å². The van der Waals surface area contributed by atoms with Crippen molar-refractivity contribution in [3.05, 3.63) is 144 Å². The first-order valence-corrected chi connectivity index (χ1v) is 12.5. The molecule has 4 heteroatoms. The molecule has 1 aromatic heterocycles. The summed E-state index contributed by atoms with van der Waals surface area (Å²) in [5, 5.41) is 1.12. The Morgan fingerprint density at radius 1 is 0.556 bits per heavy atom.